The zero-order valence-electron chi connectivity index (χ0n) is 11.1. The van der Waals surface area contributed by atoms with Crippen molar-refractivity contribution in [1.29, 1.82) is 0 Å². The molecule has 4 heteroatoms. The van der Waals surface area contributed by atoms with Crippen molar-refractivity contribution in [3.05, 3.63) is 64.1 Å². The van der Waals surface area contributed by atoms with E-state index in [0.717, 1.165) is 15.7 Å². The van der Waals surface area contributed by atoms with Crippen LogP contribution in [-0.2, 0) is 4.79 Å². The molecule has 0 aromatic heterocycles. The number of aryl methyl sites for hydroxylation is 1. The first-order valence-corrected chi connectivity index (χ1v) is 7.33. The molecule has 3 rings (SSSR count). The van der Waals surface area contributed by atoms with Gasteiger partial charge in [-0.3, -0.25) is 15.2 Å². The molecular weight excluding hydrogens is 316 g/mol. The van der Waals surface area contributed by atoms with Crippen molar-refractivity contribution >= 4 is 27.5 Å². The first kappa shape index (κ1) is 13.2. The lowest BCUT2D eigenvalue weighted by molar-refractivity contribution is -0.119. The summed E-state index contributed by atoms with van der Waals surface area (Å²) in [4.78, 5) is 11.8. The molecule has 1 amide bonds. The summed E-state index contributed by atoms with van der Waals surface area (Å²) in [6.07, 6.45) is 0.482. The van der Waals surface area contributed by atoms with E-state index in [2.05, 4.69) is 52.5 Å². The maximum Gasteiger partial charge on any atom is 0.241 e. The van der Waals surface area contributed by atoms with Crippen molar-refractivity contribution in [2.75, 3.05) is 5.01 Å². The summed E-state index contributed by atoms with van der Waals surface area (Å²) in [5.41, 5.74) is 6.28. The number of carbonyl (C=O) groups is 1. The normalized spacial score (nSPS) is 18.2. The fourth-order valence-electron chi connectivity index (χ4n) is 2.43. The van der Waals surface area contributed by atoms with Gasteiger partial charge in [0.15, 0.2) is 0 Å². The summed E-state index contributed by atoms with van der Waals surface area (Å²) in [6, 6.07) is 16.3. The lowest BCUT2D eigenvalue weighted by Gasteiger charge is -2.26. The van der Waals surface area contributed by atoms with E-state index in [-0.39, 0.29) is 11.9 Å². The number of hydrogen-bond acceptors (Lipinski definition) is 2. The topological polar surface area (TPSA) is 32.3 Å². The van der Waals surface area contributed by atoms with E-state index < -0.39 is 0 Å². The highest BCUT2D eigenvalue weighted by Gasteiger charge is 2.31. The van der Waals surface area contributed by atoms with Crippen molar-refractivity contribution in [1.82, 2.24) is 5.43 Å². The summed E-state index contributed by atoms with van der Waals surface area (Å²) in [5, 5.41) is 1.95. The third-order valence-electron chi connectivity index (χ3n) is 3.50. The number of amides is 1. The van der Waals surface area contributed by atoms with E-state index >= 15 is 0 Å². The Bertz CT molecular complexity index is 566. The second-order valence-electron chi connectivity index (χ2n) is 5.01. The Labute approximate surface area is 126 Å². The second kappa shape index (κ2) is 5.29. The smallest absolute Gasteiger partial charge is 0.241 e. The molecule has 1 atom stereocenters. The highest BCUT2D eigenvalue weighted by atomic mass is 79.9. The van der Waals surface area contributed by atoms with Crippen LogP contribution in [-0.4, -0.2) is 5.91 Å². The molecule has 0 spiro atoms. The van der Waals surface area contributed by atoms with Crippen molar-refractivity contribution in [3.8, 4) is 0 Å². The number of carbonyl (C=O) groups excluding carboxylic acids is 1. The van der Waals surface area contributed by atoms with Crippen LogP contribution in [0.3, 0.4) is 0 Å². The molecule has 20 heavy (non-hydrogen) atoms. The van der Waals surface area contributed by atoms with Crippen LogP contribution in [0, 0.1) is 6.92 Å². The van der Waals surface area contributed by atoms with Gasteiger partial charge < -0.3 is 0 Å². The van der Waals surface area contributed by atoms with E-state index in [1.165, 1.54) is 5.56 Å². The van der Waals surface area contributed by atoms with E-state index in [4.69, 9.17) is 0 Å². The van der Waals surface area contributed by atoms with Crippen LogP contribution >= 0.6 is 15.9 Å². The summed E-state index contributed by atoms with van der Waals surface area (Å²) < 4.78 is 1.04. The molecule has 1 unspecified atom stereocenters. The van der Waals surface area contributed by atoms with Gasteiger partial charge in [0.2, 0.25) is 5.91 Å². The summed E-state index contributed by atoms with van der Waals surface area (Å²) in [7, 11) is 0. The predicted octanol–water partition coefficient (Wildman–Crippen LogP) is 3.74. The average Bonchev–Trinajstić information content (AvgIpc) is 2.82. The van der Waals surface area contributed by atoms with Gasteiger partial charge in [0.05, 0.1) is 18.2 Å². The summed E-state index contributed by atoms with van der Waals surface area (Å²) >= 11 is 3.44. The van der Waals surface area contributed by atoms with Gasteiger partial charge in [-0.15, -0.1) is 0 Å². The molecule has 1 heterocycles. The number of benzene rings is 2. The maximum atomic E-state index is 11.8. The van der Waals surface area contributed by atoms with Gasteiger partial charge in [-0.1, -0.05) is 45.8 Å². The quantitative estimate of drug-likeness (QED) is 0.909. The molecule has 0 saturated carbocycles. The number of halogens is 1. The Balaban J connectivity index is 1.94. The molecule has 1 N–H and O–H groups in total. The lowest BCUT2D eigenvalue weighted by atomic mass is 10.0. The monoisotopic (exact) mass is 330 g/mol. The van der Waals surface area contributed by atoms with Gasteiger partial charge in [0.1, 0.15) is 0 Å². The zero-order valence-corrected chi connectivity index (χ0v) is 12.7. The average molecular weight is 331 g/mol. The van der Waals surface area contributed by atoms with Crippen molar-refractivity contribution in [2.45, 2.75) is 19.4 Å². The number of hydrogen-bond donors (Lipinski definition) is 1. The SMILES string of the molecule is Cc1ccc(N2NC(=O)CC2c2ccc(Br)cc2)cc1. The number of anilines is 1. The molecule has 0 radical (unpaired) electrons. The minimum absolute atomic E-state index is 0.0401. The van der Waals surface area contributed by atoms with Crippen molar-refractivity contribution < 1.29 is 4.79 Å². The van der Waals surface area contributed by atoms with E-state index in [1.807, 2.05) is 29.3 Å². The van der Waals surface area contributed by atoms with Crippen LogP contribution in [0.5, 0.6) is 0 Å². The van der Waals surface area contributed by atoms with Gasteiger partial charge in [0.25, 0.3) is 0 Å². The largest absolute Gasteiger partial charge is 0.278 e. The lowest BCUT2D eigenvalue weighted by Crippen LogP contribution is -2.34. The molecule has 2 aromatic carbocycles. The number of nitrogens with one attached hydrogen (secondary N) is 1. The highest BCUT2D eigenvalue weighted by Crippen LogP contribution is 2.32. The minimum atomic E-state index is 0.0401. The molecule has 0 bridgehead atoms. The van der Waals surface area contributed by atoms with E-state index in [9.17, 15) is 4.79 Å². The Morgan fingerprint density at radius 1 is 1.10 bits per heavy atom. The molecule has 2 aromatic rings. The zero-order chi connectivity index (χ0) is 14.1. The van der Waals surface area contributed by atoms with Crippen molar-refractivity contribution in [2.24, 2.45) is 0 Å². The molecule has 1 aliphatic rings. The third-order valence-corrected chi connectivity index (χ3v) is 4.03. The van der Waals surface area contributed by atoms with E-state index in [0.29, 0.717) is 6.42 Å². The Hall–Kier alpha value is -1.81. The third kappa shape index (κ3) is 2.56. The van der Waals surface area contributed by atoms with Crippen molar-refractivity contribution in [3.63, 3.8) is 0 Å². The molecule has 1 aliphatic heterocycles. The molecule has 0 aliphatic carbocycles. The Kier molecular flexibility index (Phi) is 3.49. The van der Waals surface area contributed by atoms with Gasteiger partial charge >= 0.3 is 0 Å². The molecular formula is C16H15BrN2O. The standard InChI is InChI=1S/C16H15BrN2O/c1-11-2-8-14(9-3-11)19-15(10-16(20)18-19)12-4-6-13(17)7-5-12/h2-9,15H,10H2,1H3,(H,18,20). The van der Waals surface area contributed by atoms with Crippen LogP contribution in [0.4, 0.5) is 5.69 Å². The number of rotatable bonds is 2. The number of hydrazine groups is 1. The first-order chi connectivity index (χ1) is 9.63. The Morgan fingerprint density at radius 2 is 1.75 bits per heavy atom. The second-order valence-corrected chi connectivity index (χ2v) is 5.93. The molecule has 3 nitrogen and oxygen atoms in total. The fourth-order valence-corrected chi connectivity index (χ4v) is 2.69. The molecule has 1 saturated heterocycles. The van der Waals surface area contributed by atoms with Crippen LogP contribution in [0.2, 0.25) is 0 Å². The van der Waals surface area contributed by atoms with Crippen LogP contribution in [0.1, 0.15) is 23.6 Å². The van der Waals surface area contributed by atoms with Gasteiger partial charge in [-0.2, -0.15) is 0 Å². The molecule has 102 valence electrons. The summed E-state index contributed by atoms with van der Waals surface area (Å²) in [6.45, 7) is 2.05. The fraction of sp³-hybridized carbons (Fsp3) is 0.188. The van der Waals surface area contributed by atoms with Crippen LogP contribution in [0.15, 0.2) is 53.0 Å². The van der Waals surface area contributed by atoms with E-state index in [1.54, 1.807) is 0 Å². The maximum absolute atomic E-state index is 11.8. The van der Waals surface area contributed by atoms with Gasteiger partial charge in [0, 0.05) is 4.47 Å². The Morgan fingerprint density at radius 3 is 2.40 bits per heavy atom. The van der Waals surface area contributed by atoms with Crippen LogP contribution < -0.4 is 10.4 Å². The van der Waals surface area contributed by atoms with Gasteiger partial charge in [-0.05, 0) is 36.8 Å². The predicted molar refractivity (Wildman–Crippen MR) is 83.3 cm³/mol. The van der Waals surface area contributed by atoms with Crippen LogP contribution in [0.25, 0.3) is 0 Å². The number of nitrogens with zero attached hydrogens (tertiary/aromatic N) is 1. The first-order valence-electron chi connectivity index (χ1n) is 6.54. The molecule has 1 fully saturated rings. The van der Waals surface area contributed by atoms with Gasteiger partial charge in [-0.25, -0.2) is 0 Å². The minimum Gasteiger partial charge on any atom is -0.278 e. The summed E-state index contributed by atoms with van der Waals surface area (Å²) in [5.74, 6) is 0.0542. The highest BCUT2D eigenvalue weighted by molar-refractivity contribution is 9.10.